The zero-order valence-corrected chi connectivity index (χ0v) is 17.4. The quantitative estimate of drug-likeness (QED) is 0.699. The lowest BCUT2D eigenvalue weighted by Gasteiger charge is -2.19. The molecule has 5 rings (SSSR count). The second-order valence-electron chi connectivity index (χ2n) is 7.94. The number of aryl methyl sites for hydroxylation is 2. The summed E-state index contributed by atoms with van der Waals surface area (Å²) in [6.07, 6.45) is 3.13. The van der Waals surface area contributed by atoms with Crippen LogP contribution in [0.15, 0.2) is 30.2 Å². The molecule has 3 aliphatic rings. The number of halogens is 2. The Morgan fingerprint density at radius 2 is 1.76 bits per heavy atom. The minimum absolute atomic E-state index is 0.0121. The number of ether oxygens (including phenoxy) is 2. The van der Waals surface area contributed by atoms with Gasteiger partial charge in [-0.1, -0.05) is 23.2 Å². The fourth-order valence-corrected chi connectivity index (χ4v) is 5.45. The summed E-state index contributed by atoms with van der Waals surface area (Å²) in [6.45, 7) is 3.80. The van der Waals surface area contributed by atoms with Crippen LogP contribution in [0, 0.1) is 25.7 Å². The molecule has 1 aromatic heterocycles. The zero-order chi connectivity index (χ0) is 20.4. The predicted octanol–water partition coefficient (Wildman–Crippen LogP) is 5.44. The van der Waals surface area contributed by atoms with Crippen LogP contribution >= 0.6 is 23.2 Å². The largest absolute Gasteiger partial charge is 0.511 e. The van der Waals surface area contributed by atoms with E-state index in [9.17, 15) is 9.90 Å². The molecule has 4 atom stereocenters. The van der Waals surface area contributed by atoms with E-state index in [4.69, 9.17) is 32.7 Å². The van der Waals surface area contributed by atoms with Gasteiger partial charge in [0.05, 0.1) is 34.6 Å². The van der Waals surface area contributed by atoms with Crippen molar-refractivity contribution in [3.8, 4) is 11.6 Å². The average molecular weight is 432 g/mol. The van der Waals surface area contributed by atoms with Gasteiger partial charge in [-0.15, -0.1) is 0 Å². The van der Waals surface area contributed by atoms with E-state index in [2.05, 4.69) is 4.98 Å². The van der Waals surface area contributed by atoms with E-state index in [1.165, 1.54) is 6.20 Å². The zero-order valence-electron chi connectivity index (χ0n) is 15.9. The number of allylic oxidation sites excluding steroid dienone is 1. The Morgan fingerprint density at radius 1 is 1.10 bits per heavy atom. The van der Waals surface area contributed by atoms with Crippen molar-refractivity contribution in [2.24, 2.45) is 11.8 Å². The fraction of sp³-hybridized carbons (Fsp3) is 0.364. The summed E-state index contributed by atoms with van der Waals surface area (Å²) in [5, 5.41) is 11.7. The van der Waals surface area contributed by atoms with Crippen LogP contribution in [-0.4, -0.2) is 28.1 Å². The van der Waals surface area contributed by atoms with Gasteiger partial charge in [0.2, 0.25) is 5.88 Å². The molecular formula is C22H19Cl2NO4. The number of ketones is 1. The predicted molar refractivity (Wildman–Crippen MR) is 110 cm³/mol. The summed E-state index contributed by atoms with van der Waals surface area (Å²) >= 11 is 12.0. The van der Waals surface area contributed by atoms with Gasteiger partial charge in [0.1, 0.15) is 16.5 Å². The van der Waals surface area contributed by atoms with Crippen LogP contribution < -0.4 is 4.74 Å². The SMILES string of the molecule is Cc1cc(Oc2ncc(Cl)cc2Cl)cc(C)c1C1=C(O)[C@H]2[C@@H](C1=O)[C@@H]1CC[C@H]2O1. The number of aliphatic hydroxyl groups excluding tert-OH is 1. The summed E-state index contributed by atoms with van der Waals surface area (Å²) in [7, 11) is 0. The van der Waals surface area contributed by atoms with E-state index in [1.54, 1.807) is 6.07 Å². The molecule has 0 amide bonds. The number of pyridine rings is 1. The lowest BCUT2D eigenvalue weighted by Crippen LogP contribution is -2.29. The third-order valence-electron chi connectivity index (χ3n) is 6.14. The summed E-state index contributed by atoms with van der Waals surface area (Å²) < 4.78 is 11.7. The van der Waals surface area contributed by atoms with Gasteiger partial charge in [0, 0.05) is 6.20 Å². The molecule has 0 spiro atoms. The number of carbonyl (C=O) groups is 1. The van der Waals surface area contributed by atoms with Gasteiger partial charge in [0.15, 0.2) is 5.78 Å². The number of Topliss-reactive ketones (excluding diaryl/α,β-unsaturated/α-hetero) is 1. The smallest absolute Gasteiger partial charge is 0.238 e. The van der Waals surface area contributed by atoms with E-state index >= 15 is 0 Å². The molecule has 150 valence electrons. The van der Waals surface area contributed by atoms with Gasteiger partial charge in [0.25, 0.3) is 0 Å². The van der Waals surface area contributed by atoms with Crippen molar-refractivity contribution in [3.05, 3.63) is 56.9 Å². The molecule has 29 heavy (non-hydrogen) atoms. The molecule has 0 unspecified atom stereocenters. The summed E-state index contributed by atoms with van der Waals surface area (Å²) in [5.41, 5.74) is 2.88. The first kappa shape index (κ1) is 18.9. The second kappa shape index (κ2) is 6.73. The molecular weight excluding hydrogens is 413 g/mol. The molecule has 1 aromatic carbocycles. The lowest BCUT2D eigenvalue weighted by molar-refractivity contribution is -0.118. The van der Waals surface area contributed by atoms with E-state index in [-0.39, 0.29) is 41.5 Å². The maximum atomic E-state index is 13.2. The molecule has 3 heterocycles. The highest BCUT2D eigenvalue weighted by molar-refractivity contribution is 6.35. The van der Waals surface area contributed by atoms with Gasteiger partial charge < -0.3 is 14.6 Å². The third-order valence-corrected chi connectivity index (χ3v) is 6.62. The van der Waals surface area contributed by atoms with Gasteiger partial charge in [-0.25, -0.2) is 4.98 Å². The minimum Gasteiger partial charge on any atom is -0.511 e. The molecule has 0 radical (unpaired) electrons. The van der Waals surface area contributed by atoms with Crippen molar-refractivity contribution in [1.29, 1.82) is 0 Å². The number of nitrogens with zero attached hydrogens (tertiary/aromatic N) is 1. The molecule has 2 aliphatic heterocycles. The van der Waals surface area contributed by atoms with Crippen LogP contribution in [0.1, 0.15) is 29.5 Å². The van der Waals surface area contributed by atoms with Crippen LogP contribution in [0.25, 0.3) is 5.57 Å². The number of rotatable bonds is 3. The van der Waals surface area contributed by atoms with Crippen molar-refractivity contribution in [1.82, 2.24) is 4.98 Å². The number of carbonyl (C=O) groups excluding carboxylic acids is 1. The van der Waals surface area contributed by atoms with Crippen molar-refractivity contribution in [2.75, 3.05) is 0 Å². The number of hydrogen-bond donors (Lipinski definition) is 1. The van der Waals surface area contributed by atoms with Gasteiger partial charge >= 0.3 is 0 Å². The first-order valence-electron chi connectivity index (χ1n) is 9.58. The molecule has 5 nitrogen and oxygen atoms in total. The van der Waals surface area contributed by atoms with E-state index < -0.39 is 0 Å². The van der Waals surface area contributed by atoms with Crippen LogP contribution in [0.2, 0.25) is 10.0 Å². The Hall–Kier alpha value is -2.08. The minimum atomic E-state index is -0.254. The Balaban J connectivity index is 1.51. The molecule has 7 heteroatoms. The molecule has 1 N–H and O–H groups in total. The summed E-state index contributed by atoms with van der Waals surface area (Å²) in [5.74, 6) is 0.509. The molecule has 1 aliphatic carbocycles. The van der Waals surface area contributed by atoms with Crippen molar-refractivity contribution in [3.63, 3.8) is 0 Å². The average Bonchev–Trinajstić information content (AvgIpc) is 3.33. The molecule has 2 bridgehead atoms. The van der Waals surface area contributed by atoms with Crippen molar-refractivity contribution >= 4 is 34.6 Å². The van der Waals surface area contributed by atoms with E-state index in [0.717, 1.165) is 29.5 Å². The topological polar surface area (TPSA) is 68.7 Å². The Bertz CT molecular complexity index is 1060. The first-order valence-corrected chi connectivity index (χ1v) is 10.3. The highest BCUT2D eigenvalue weighted by Gasteiger charge is 2.59. The molecule has 0 saturated carbocycles. The van der Waals surface area contributed by atoms with Crippen LogP contribution in [0.4, 0.5) is 0 Å². The second-order valence-corrected chi connectivity index (χ2v) is 8.78. The van der Waals surface area contributed by atoms with E-state index in [1.807, 2.05) is 26.0 Å². The van der Waals surface area contributed by atoms with Gasteiger partial charge in [-0.05, 0) is 61.6 Å². The highest BCUT2D eigenvalue weighted by Crippen LogP contribution is 2.54. The Labute approximate surface area is 178 Å². The Morgan fingerprint density at radius 3 is 2.38 bits per heavy atom. The van der Waals surface area contributed by atoms with Gasteiger partial charge in [-0.2, -0.15) is 0 Å². The Kier molecular flexibility index (Phi) is 4.39. The standard InChI is InChI=1S/C22H19Cl2NO4/c1-9-5-12(28-22-13(24)7-11(23)8-25-22)6-10(2)16(9)19-20(26)17-14-3-4-15(29-14)18(17)21(19)27/h5-8,14-15,17-18,26H,3-4H2,1-2H3/t14-,15+,17-,18+/m1/s1. The molecule has 2 saturated heterocycles. The van der Waals surface area contributed by atoms with Crippen molar-refractivity contribution in [2.45, 2.75) is 38.9 Å². The summed E-state index contributed by atoms with van der Waals surface area (Å²) in [6, 6.07) is 5.21. The van der Waals surface area contributed by atoms with Crippen molar-refractivity contribution < 1.29 is 19.4 Å². The maximum Gasteiger partial charge on any atom is 0.238 e. The monoisotopic (exact) mass is 431 g/mol. The highest BCUT2D eigenvalue weighted by atomic mass is 35.5. The number of benzene rings is 1. The van der Waals surface area contributed by atoms with E-state index in [0.29, 0.717) is 21.4 Å². The van der Waals surface area contributed by atoms with Crippen LogP contribution in [0.3, 0.4) is 0 Å². The third kappa shape index (κ3) is 2.87. The van der Waals surface area contributed by atoms with Crippen LogP contribution in [-0.2, 0) is 9.53 Å². The lowest BCUT2D eigenvalue weighted by atomic mass is 9.80. The normalized spacial score (nSPS) is 27.7. The number of fused-ring (bicyclic) bond motifs is 5. The molecule has 2 aromatic rings. The first-order chi connectivity index (χ1) is 13.8. The van der Waals surface area contributed by atoms with Crippen LogP contribution in [0.5, 0.6) is 11.6 Å². The molecule has 2 fully saturated rings. The summed E-state index contributed by atoms with van der Waals surface area (Å²) in [4.78, 5) is 17.3. The number of hydrogen-bond acceptors (Lipinski definition) is 5. The van der Waals surface area contributed by atoms with Gasteiger partial charge in [-0.3, -0.25) is 4.79 Å². The maximum absolute atomic E-state index is 13.2. The number of aliphatic hydroxyl groups is 1. The number of aromatic nitrogens is 1. The fourth-order valence-electron chi connectivity index (χ4n) is 5.03.